The smallest absolute Gasteiger partial charge is 0.328 e. The summed E-state index contributed by atoms with van der Waals surface area (Å²) in [5, 5.41) is 20.3. The highest BCUT2D eigenvalue weighted by Crippen LogP contribution is 2.24. The fourth-order valence-corrected chi connectivity index (χ4v) is 1.85. The topological polar surface area (TPSA) is 86.6 Å². The molecule has 15 heavy (non-hydrogen) atoms. The van der Waals surface area contributed by atoms with Crippen LogP contribution in [0.3, 0.4) is 0 Å². The molecule has 0 saturated heterocycles. The van der Waals surface area contributed by atoms with Gasteiger partial charge >= 0.3 is 5.97 Å². The Morgan fingerprint density at radius 3 is 2.27 bits per heavy atom. The van der Waals surface area contributed by atoms with Crippen LogP contribution in [-0.4, -0.2) is 34.2 Å². The number of carbonyl (C=O) groups excluding carboxylic acids is 1. The number of carboxylic acid groups (broad SMARTS) is 1. The molecule has 86 valence electrons. The van der Waals surface area contributed by atoms with E-state index in [2.05, 4.69) is 5.32 Å². The first-order valence-corrected chi connectivity index (χ1v) is 5.23. The van der Waals surface area contributed by atoms with Crippen LogP contribution in [-0.2, 0) is 9.59 Å². The van der Waals surface area contributed by atoms with E-state index in [1.54, 1.807) is 0 Å². The Morgan fingerprint density at radius 2 is 1.87 bits per heavy atom. The fourth-order valence-electron chi connectivity index (χ4n) is 1.85. The summed E-state index contributed by atoms with van der Waals surface area (Å²) in [6.07, 6.45) is 2.60. The quantitative estimate of drug-likeness (QED) is 0.622. The third-order valence-electron chi connectivity index (χ3n) is 2.77. The van der Waals surface area contributed by atoms with Crippen LogP contribution in [0.25, 0.3) is 0 Å². The molecular formula is C10H17NO4. The number of amides is 1. The lowest BCUT2D eigenvalue weighted by Crippen LogP contribution is -2.49. The number of carboxylic acids is 1. The zero-order valence-electron chi connectivity index (χ0n) is 8.77. The SMILES string of the molecule is CC(O)C(NC(=O)C1CCCC1)C(=O)O. The Bertz CT molecular complexity index is 246. The molecule has 1 aliphatic rings. The van der Waals surface area contributed by atoms with Crippen LogP contribution in [0.2, 0.25) is 0 Å². The summed E-state index contributed by atoms with van der Waals surface area (Å²) < 4.78 is 0. The summed E-state index contributed by atoms with van der Waals surface area (Å²) in [7, 11) is 0. The molecule has 1 saturated carbocycles. The van der Waals surface area contributed by atoms with Crippen molar-refractivity contribution in [1.82, 2.24) is 5.32 Å². The van der Waals surface area contributed by atoms with Gasteiger partial charge in [0.15, 0.2) is 6.04 Å². The van der Waals surface area contributed by atoms with Crippen molar-refractivity contribution >= 4 is 11.9 Å². The molecule has 1 amide bonds. The number of aliphatic carboxylic acids is 1. The van der Waals surface area contributed by atoms with Gasteiger partial charge in [-0.05, 0) is 19.8 Å². The largest absolute Gasteiger partial charge is 0.480 e. The summed E-state index contributed by atoms with van der Waals surface area (Å²) in [6.45, 7) is 1.35. The van der Waals surface area contributed by atoms with Crippen molar-refractivity contribution < 1.29 is 19.8 Å². The normalized spacial score (nSPS) is 20.9. The monoisotopic (exact) mass is 215 g/mol. The maximum Gasteiger partial charge on any atom is 0.328 e. The Morgan fingerprint density at radius 1 is 1.33 bits per heavy atom. The van der Waals surface area contributed by atoms with Crippen LogP contribution in [0.1, 0.15) is 32.6 Å². The first kappa shape index (κ1) is 12.0. The zero-order valence-corrected chi connectivity index (χ0v) is 8.77. The highest BCUT2D eigenvalue weighted by atomic mass is 16.4. The third-order valence-corrected chi connectivity index (χ3v) is 2.77. The van der Waals surface area contributed by atoms with Gasteiger partial charge in [-0.1, -0.05) is 12.8 Å². The van der Waals surface area contributed by atoms with Crippen molar-refractivity contribution in [3.05, 3.63) is 0 Å². The van der Waals surface area contributed by atoms with Crippen LogP contribution < -0.4 is 5.32 Å². The number of carbonyl (C=O) groups is 2. The first-order chi connectivity index (χ1) is 7.02. The minimum atomic E-state index is -1.20. The third kappa shape index (κ3) is 3.20. The molecule has 3 N–H and O–H groups in total. The molecule has 0 aliphatic heterocycles. The molecule has 2 atom stereocenters. The number of aliphatic hydroxyl groups is 1. The summed E-state index contributed by atoms with van der Waals surface area (Å²) >= 11 is 0. The van der Waals surface area contributed by atoms with Gasteiger partial charge in [0, 0.05) is 5.92 Å². The Labute approximate surface area is 88.5 Å². The highest BCUT2D eigenvalue weighted by Gasteiger charge is 2.29. The predicted molar refractivity (Wildman–Crippen MR) is 53.2 cm³/mol. The van der Waals surface area contributed by atoms with Gasteiger partial charge < -0.3 is 15.5 Å². The molecule has 2 unspecified atom stereocenters. The Balaban J connectivity index is 2.50. The van der Waals surface area contributed by atoms with Gasteiger partial charge in [0.05, 0.1) is 6.10 Å². The molecule has 1 aliphatic carbocycles. The van der Waals surface area contributed by atoms with Crippen molar-refractivity contribution in [2.24, 2.45) is 5.92 Å². The molecule has 0 spiro atoms. The van der Waals surface area contributed by atoms with Crippen LogP contribution in [0, 0.1) is 5.92 Å². The summed E-state index contributed by atoms with van der Waals surface area (Å²) in [5.74, 6) is -1.53. The lowest BCUT2D eigenvalue weighted by molar-refractivity contribution is -0.145. The molecule has 0 aromatic carbocycles. The average Bonchev–Trinajstić information content (AvgIpc) is 2.65. The van der Waals surface area contributed by atoms with Crippen LogP contribution in [0.5, 0.6) is 0 Å². The molecule has 1 fully saturated rings. The molecule has 0 aromatic heterocycles. The van der Waals surface area contributed by atoms with E-state index in [1.165, 1.54) is 6.92 Å². The minimum absolute atomic E-state index is 0.0781. The average molecular weight is 215 g/mol. The molecular weight excluding hydrogens is 198 g/mol. The van der Waals surface area contributed by atoms with Crippen molar-refractivity contribution in [3.63, 3.8) is 0 Å². The first-order valence-electron chi connectivity index (χ1n) is 5.23. The van der Waals surface area contributed by atoms with E-state index in [9.17, 15) is 14.7 Å². The van der Waals surface area contributed by atoms with E-state index in [-0.39, 0.29) is 11.8 Å². The maximum atomic E-state index is 11.6. The van der Waals surface area contributed by atoms with Gasteiger partial charge in [-0.2, -0.15) is 0 Å². The lowest BCUT2D eigenvalue weighted by Gasteiger charge is -2.19. The van der Waals surface area contributed by atoms with Gasteiger partial charge in [-0.25, -0.2) is 4.79 Å². The van der Waals surface area contributed by atoms with Crippen molar-refractivity contribution in [3.8, 4) is 0 Å². The van der Waals surface area contributed by atoms with E-state index < -0.39 is 18.1 Å². The lowest BCUT2D eigenvalue weighted by atomic mass is 10.1. The highest BCUT2D eigenvalue weighted by molar-refractivity contribution is 5.85. The van der Waals surface area contributed by atoms with Crippen molar-refractivity contribution in [2.75, 3.05) is 0 Å². The number of aliphatic hydroxyl groups excluding tert-OH is 1. The van der Waals surface area contributed by atoms with Gasteiger partial charge in [0.1, 0.15) is 0 Å². The number of rotatable bonds is 4. The number of nitrogens with one attached hydrogen (secondary N) is 1. The fraction of sp³-hybridized carbons (Fsp3) is 0.800. The van der Waals surface area contributed by atoms with Crippen LogP contribution in [0.4, 0.5) is 0 Å². The van der Waals surface area contributed by atoms with Gasteiger partial charge in [-0.15, -0.1) is 0 Å². The van der Waals surface area contributed by atoms with Gasteiger partial charge in [-0.3, -0.25) is 4.79 Å². The predicted octanol–water partition coefficient (Wildman–Crippen LogP) is 0.127. The van der Waals surface area contributed by atoms with Crippen LogP contribution >= 0.6 is 0 Å². The molecule has 0 heterocycles. The van der Waals surface area contributed by atoms with E-state index in [0.29, 0.717) is 0 Å². The molecule has 5 heteroatoms. The number of hydrogen-bond donors (Lipinski definition) is 3. The standard InChI is InChI=1S/C10H17NO4/c1-6(12)8(10(14)15)11-9(13)7-4-2-3-5-7/h6-8,12H,2-5H2,1H3,(H,11,13)(H,14,15). The van der Waals surface area contributed by atoms with E-state index in [1.807, 2.05) is 0 Å². The van der Waals surface area contributed by atoms with Gasteiger partial charge in [0.2, 0.25) is 5.91 Å². The summed E-state index contributed by atoms with van der Waals surface area (Å²) in [4.78, 5) is 22.3. The van der Waals surface area contributed by atoms with Crippen molar-refractivity contribution in [1.29, 1.82) is 0 Å². The Kier molecular flexibility index (Phi) is 4.08. The molecule has 5 nitrogen and oxygen atoms in total. The molecule has 0 aromatic rings. The van der Waals surface area contributed by atoms with Gasteiger partial charge in [0.25, 0.3) is 0 Å². The summed E-state index contributed by atoms with van der Waals surface area (Å²) in [6, 6.07) is -1.20. The zero-order chi connectivity index (χ0) is 11.4. The van der Waals surface area contributed by atoms with E-state index in [4.69, 9.17) is 5.11 Å². The van der Waals surface area contributed by atoms with Crippen LogP contribution in [0.15, 0.2) is 0 Å². The molecule has 0 radical (unpaired) electrons. The maximum absolute atomic E-state index is 11.6. The van der Waals surface area contributed by atoms with E-state index >= 15 is 0 Å². The summed E-state index contributed by atoms with van der Waals surface area (Å²) in [5.41, 5.74) is 0. The second-order valence-electron chi connectivity index (χ2n) is 4.05. The second kappa shape index (κ2) is 5.11. The molecule has 0 bridgehead atoms. The number of hydrogen-bond acceptors (Lipinski definition) is 3. The van der Waals surface area contributed by atoms with Crippen molar-refractivity contribution in [2.45, 2.75) is 44.8 Å². The Hall–Kier alpha value is -1.10. The molecule has 1 rings (SSSR count). The van der Waals surface area contributed by atoms with E-state index in [0.717, 1.165) is 25.7 Å². The minimum Gasteiger partial charge on any atom is -0.480 e. The second-order valence-corrected chi connectivity index (χ2v) is 4.05.